The predicted molar refractivity (Wildman–Crippen MR) is 116 cm³/mol. The fourth-order valence-electron chi connectivity index (χ4n) is 3.96. The minimum atomic E-state index is -4.83. The van der Waals surface area contributed by atoms with Gasteiger partial charge in [0.1, 0.15) is 17.2 Å². The second-order valence-electron chi connectivity index (χ2n) is 7.91. The monoisotopic (exact) mass is 466 g/mol. The SMILES string of the molecule is C=N/C(=C\C=C/C)N1CC2(CCC(C(=O)Nc3ccc(OC(F)(F)F)cc3N)CC2)OC1=O. The molecule has 2 amide bonds. The highest BCUT2D eigenvalue weighted by Crippen LogP contribution is 2.41. The Balaban J connectivity index is 1.59. The molecule has 1 saturated heterocycles. The van der Waals surface area contributed by atoms with Crippen LogP contribution in [-0.4, -0.2) is 42.1 Å². The lowest BCUT2D eigenvalue weighted by atomic mass is 9.78. The van der Waals surface area contributed by atoms with Crippen LogP contribution >= 0.6 is 0 Å². The zero-order valence-corrected chi connectivity index (χ0v) is 18.0. The molecule has 1 aromatic rings. The summed E-state index contributed by atoms with van der Waals surface area (Å²) in [7, 11) is 0. The molecule has 2 fully saturated rings. The number of ether oxygens (including phenoxy) is 2. The molecule has 0 aromatic heterocycles. The fraction of sp³-hybridized carbons (Fsp3) is 0.409. The Bertz CT molecular complexity index is 982. The van der Waals surface area contributed by atoms with Crippen LogP contribution in [0.3, 0.4) is 0 Å². The van der Waals surface area contributed by atoms with Gasteiger partial charge in [0.2, 0.25) is 5.91 Å². The highest BCUT2D eigenvalue weighted by Gasteiger charge is 2.49. The van der Waals surface area contributed by atoms with Crippen LogP contribution in [0.4, 0.5) is 29.3 Å². The van der Waals surface area contributed by atoms with E-state index < -0.39 is 23.8 Å². The van der Waals surface area contributed by atoms with Crippen LogP contribution in [0.2, 0.25) is 0 Å². The Hall–Kier alpha value is -3.50. The largest absolute Gasteiger partial charge is 0.573 e. The lowest BCUT2D eigenvalue weighted by molar-refractivity contribution is -0.274. The maximum Gasteiger partial charge on any atom is 0.573 e. The van der Waals surface area contributed by atoms with Crippen molar-refractivity contribution in [3.8, 4) is 5.75 Å². The van der Waals surface area contributed by atoms with Gasteiger partial charge >= 0.3 is 12.5 Å². The number of halogens is 3. The quantitative estimate of drug-likeness (QED) is 0.362. The summed E-state index contributed by atoms with van der Waals surface area (Å²) in [6.45, 7) is 5.66. The number of benzene rings is 1. The van der Waals surface area contributed by atoms with E-state index in [-0.39, 0.29) is 23.2 Å². The van der Waals surface area contributed by atoms with Gasteiger partial charge in [0.05, 0.1) is 17.9 Å². The minimum absolute atomic E-state index is 0.0462. The number of carbonyl (C=O) groups excluding carboxylic acids is 2. The van der Waals surface area contributed by atoms with Gasteiger partial charge in [-0.1, -0.05) is 12.2 Å². The Kier molecular flexibility index (Phi) is 6.99. The van der Waals surface area contributed by atoms with Crippen molar-refractivity contribution in [1.29, 1.82) is 0 Å². The van der Waals surface area contributed by atoms with Crippen molar-refractivity contribution < 1.29 is 32.2 Å². The molecule has 1 aromatic carbocycles. The van der Waals surface area contributed by atoms with Crippen molar-refractivity contribution in [2.24, 2.45) is 10.9 Å². The first-order valence-corrected chi connectivity index (χ1v) is 10.3. The van der Waals surface area contributed by atoms with E-state index in [9.17, 15) is 22.8 Å². The Morgan fingerprint density at radius 1 is 1.39 bits per heavy atom. The standard InChI is InChI=1S/C22H25F3N4O4/c1-3-4-5-18(27-2)29-13-21(33-20(29)31)10-8-14(9-11-21)19(30)28-17-7-6-15(12-16(17)26)32-22(23,24)25/h3-7,12,14H,2,8-11,13,26H2,1H3,(H,28,30)/b4-3-,18-5+. The smallest absolute Gasteiger partial charge is 0.441 e. The number of nitrogen functional groups attached to an aromatic ring is 1. The molecular weight excluding hydrogens is 441 g/mol. The van der Waals surface area contributed by atoms with Crippen LogP contribution in [0.1, 0.15) is 32.6 Å². The molecule has 1 aliphatic heterocycles. The van der Waals surface area contributed by atoms with Gasteiger partial charge in [0.25, 0.3) is 0 Å². The number of amides is 2. The zero-order valence-electron chi connectivity index (χ0n) is 18.0. The molecule has 1 spiro atoms. The van der Waals surface area contributed by atoms with Crippen molar-refractivity contribution in [3.63, 3.8) is 0 Å². The molecule has 0 unspecified atom stereocenters. The van der Waals surface area contributed by atoms with Crippen molar-refractivity contribution in [1.82, 2.24) is 4.90 Å². The van der Waals surface area contributed by atoms with Gasteiger partial charge in [0, 0.05) is 12.0 Å². The van der Waals surface area contributed by atoms with Gasteiger partial charge in [-0.25, -0.2) is 9.79 Å². The van der Waals surface area contributed by atoms with E-state index in [1.807, 2.05) is 6.92 Å². The first-order chi connectivity index (χ1) is 15.6. The number of hydrogen-bond acceptors (Lipinski definition) is 6. The number of aliphatic imine (C=N–C) groups is 1. The van der Waals surface area contributed by atoms with Crippen molar-refractivity contribution in [2.75, 3.05) is 17.6 Å². The van der Waals surface area contributed by atoms with Gasteiger partial charge < -0.3 is 20.5 Å². The predicted octanol–water partition coefficient (Wildman–Crippen LogP) is 4.61. The number of alkyl halides is 3. The summed E-state index contributed by atoms with van der Waals surface area (Å²) in [5.41, 5.74) is 5.22. The molecule has 0 atom stereocenters. The van der Waals surface area contributed by atoms with Gasteiger partial charge in [-0.05, 0) is 57.5 Å². The molecule has 8 nitrogen and oxygen atoms in total. The number of hydrogen-bond donors (Lipinski definition) is 2. The first kappa shape index (κ1) is 24.1. The van der Waals surface area contributed by atoms with Gasteiger partial charge in [0.15, 0.2) is 0 Å². The molecule has 0 bridgehead atoms. The maximum atomic E-state index is 12.7. The summed E-state index contributed by atoms with van der Waals surface area (Å²) in [5, 5.41) is 2.66. The summed E-state index contributed by atoms with van der Waals surface area (Å²) >= 11 is 0. The van der Waals surface area contributed by atoms with Crippen LogP contribution in [0.15, 0.2) is 47.2 Å². The number of rotatable bonds is 6. The van der Waals surface area contributed by atoms with Crippen LogP contribution in [0.5, 0.6) is 5.75 Å². The first-order valence-electron chi connectivity index (χ1n) is 10.3. The molecule has 33 heavy (non-hydrogen) atoms. The van der Waals surface area contributed by atoms with Crippen molar-refractivity contribution in [3.05, 3.63) is 42.2 Å². The van der Waals surface area contributed by atoms with E-state index in [1.165, 1.54) is 11.0 Å². The Labute approximate surface area is 188 Å². The van der Waals surface area contributed by atoms with E-state index in [0.717, 1.165) is 12.1 Å². The maximum absolute atomic E-state index is 12.7. The van der Waals surface area contributed by atoms with Crippen molar-refractivity contribution in [2.45, 2.75) is 44.6 Å². The van der Waals surface area contributed by atoms with Crippen molar-refractivity contribution >= 4 is 30.1 Å². The molecular formula is C22H25F3N4O4. The lowest BCUT2D eigenvalue weighted by Gasteiger charge is -2.34. The highest BCUT2D eigenvalue weighted by molar-refractivity contribution is 5.95. The molecule has 178 valence electrons. The third-order valence-corrected chi connectivity index (χ3v) is 5.63. The van der Waals surface area contributed by atoms with Gasteiger partial charge in [-0.3, -0.25) is 9.69 Å². The number of anilines is 2. The molecule has 1 heterocycles. The van der Waals surface area contributed by atoms with Gasteiger partial charge in [-0.2, -0.15) is 0 Å². The van der Waals surface area contributed by atoms with Crippen LogP contribution in [-0.2, 0) is 9.53 Å². The number of nitrogens with two attached hydrogens (primary N) is 1. The third kappa shape index (κ3) is 5.85. The Morgan fingerprint density at radius 3 is 2.67 bits per heavy atom. The second kappa shape index (κ2) is 9.55. The van der Waals surface area contributed by atoms with Crippen LogP contribution in [0.25, 0.3) is 0 Å². The number of carbonyl (C=O) groups is 2. The van der Waals surface area contributed by atoms with E-state index in [4.69, 9.17) is 10.5 Å². The summed E-state index contributed by atoms with van der Waals surface area (Å²) in [6.07, 6.45) is 1.78. The van der Waals surface area contributed by atoms with Crippen LogP contribution < -0.4 is 15.8 Å². The summed E-state index contributed by atoms with van der Waals surface area (Å²) < 4.78 is 46.5. The van der Waals surface area contributed by atoms with Crippen LogP contribution in [0, 0.1) is 5.92 Å². The average molecular weight is 466 g/mol. The van der Waals surface area contributed by atoms with E-state index in [2.05, 4.69) is 21.8 Å². The number of nitrogens with zero attached hydrogens (tertiary/aromatic N) is 2. The highest BCUT2D eigenvalue weighted by atomic mass is 19.4. The van der Waals surface area contributed by atoms with Gasteiger partial charge in [-0.15, -0.1) is 13.2 Å². The molecule has 1 aliphatic carbocycles. The molecule has 2 aliphatic rings. The molecule has 3 N–H and O–H groups in total. The zero-order chi connectivity index (χ0) is 24.2. The third-order valence-electron chi connectivity index (χ3n) is 5.63. The second-order valence-corrected chi connectivity index (χ2v) is 7.91. The number of allylic oxidation sites excluding steroid dienone is 3. The van der Waals surface area contributed by atoms with E-state index in [1.54, 1.807) is 18.2 Å². The topological polar surface area (TPSA) is 106 Å². The average Bonchev–Trinajstić information content (AvgIpc) is 3.05. The minimum Gasteiger partial charge on any atom is -0.441 e. The molecule has 11 heteroatoms. The summed E-state index contributed by atoms with van der Waals surface area (Å²) in [6, 6.07) is 3.34. The molecule has 3 rings (SSSR count). The lowest BCUT2D eigenvalue weighted by Crippen LogP contribution is -2.40. The summed E-state index contributed by atoms with van der Waals surface area (Å²) in [5.74, 6) is -0.738. The van der Waals surface area contributed by atoms with E-state index >= 15 is 0 Å². The Morgan fingerprint density at radius 2 is 2.09 bits per heavy atom. The number of nitrogens with one attached hydrogen (secondary N) is 1. The summed E-state index contributed by atoms with van der Waals surface area (Å²) in [4.78, 5) is 30.4. The normalized spacial score (nSPS) is 23.6. The molecule has 1 saturated carbocycles. The molecule has 0 radical (unpaired) electrons. The van der Waals surface area contributed by atoms with E-state index in [0.29, 0.717) is 38.0 Å². The fourth-order valence-corrected chi connectivity index (χ4v) is 3.96.